The summed E-state index contributed by atoms with van der Waals surface area (Å²) in [4.78, 5) is 0. The minimum Gasteiger partial charge on any atom is -0.311 e. The molecule has 0 bridgehead atoms. The number of rotatable bonds is 2. The van der Waals surface area contributed by atoms with Gasteiger partial charge < -0.3 is 5.32 Å². The van der Waals surface area contributed by atoms with Gasteiger partial charge in [0.25, 0.3) is 0 Å². The van der Waals surface area contributed by atoms with Crippen molar-refractivity contribution in [3.05, 3.63) is 35.4 Å². The van der Waals surface area contributed by atoms with Crippen molar-refractivity contribution < 1.29 is 8.42 Å². The molecule has 1 aromatic rings. The largest absolute Gasteiger partial charge is 0.311 e. The molecule has 0 saturated carbocycles. The fraction of sp³-hybridized carbons (Fsp3) is 0.600. The summed E-state index contributed by atoms with van der Waals surface area (Å²) in [6.45, 7) is 0. The lowest BCUT2D eigenvalue weighted by Gasteiger charge is -2.31. The third-order valence-electron chi connectivity index (χ3n) is 4.37. The highest BCUT2D eigenvalue weighted by molar-refractivity contribution is 7.91. The highest BCUT2D eigenvalue weighted by Crippen LogP contribution is 2.22. The van der Waals surface area contributed by atoms with E-state index < -0.39 is 9.84 Å². The Kier molecular flexibility index (Phi) is 3.63. The summed E-state index contributed by atoms with van der Waals surface area (Å²) in [5.74, 6) is 0.710. The van der Waals surface area contributed by atoms with Crippen molar-refractivity contribution in [2.24, 2.45) is 0 Å². The molecule has 0 radical (unpaired) electrons. The molecule has 0 aromatic heterocycles. The minimum absolute atomic E-state index is 0.355. The molecule has 0 unspecified atom stereocenters. The van der Waals surface area contributed by atoms with Crippen molar-refractivity contribution in [1.29, 1.82) is 0 Å². The van der Waals surface area contributed by atoms with Crippen molar-refractivity contribution in [3.63, 3.8) is 0 Å². The Bertz CT molecular complexity index is 539. The van der Waals surface area contributed by atoms with Crippen LogP contribution in [0.5, 0.6) is 0 Å². The van der Waals surface area contributed by atoms with Gasteiger partial charge in [-0.25, -0.2) is 8.42 Å². The average molecular weight is 279 g/mol. The highest BCUT2D eigenvalue weighted by Gasteiger charge is 2.26. The standard InChI is InChI=1S/C15H21NO2S/c17-19(18)9-7-14(8-10-19)16-15-6-5-12-3-1-2-4-13(12)11-15/h1-4,14-16H,5-11H2/t15-/m0/s1. The number of aryl methyl sites for hydroxylation is 1. The van der Waals surface area contributed by atoms with E-state index in [0.29, 0.717) is 23.6 Å². The predicted molar refractivity (Wildman–Crippen MR) is 77.1 cm³/mol. The molecule has 3 nitrogen and oxygen atoms in total. The molecule has 1 aliphatic carbocycles. The summed E-state index contributed by atoms with van der Waals surface area (Å²) in [7, 11) is -2.75. The summed E-state index contributed by atoms with van der Waals surface area (Å²) < 4.78 is 22.8. The van der Waals surface area contributed by atoms with Gasteiger partial charge in [-0.15, -0.1) is 0 Å². The quantitative estimate of drug-likeness (QED) is 0.896. The van der Waals surface area contributed by atoms with E-state index in [2.05, 4.69) is 29.6 Å². The number of fused-ring (bicyclic) bond motifs is 1. The first-order valence-electron chi connectivity index (χ1n) is 7.16. The number of benzene rings is 1. The van der Waals surface area contributed by atoms with Gasteiger partial charge in [0.15, 0.2) is 0 Å². The lowest BCUT2D eigenvalue weighted by molar-refractivity contribution is 0.372. The maximum Gasteiger partial charge on any atom is 0.150 e. The van der Waals surface area contributed by atoms with Crippen LogP contribution >= 0.6 is 0 Å². The van der Waals surface area contributed by atoms with Crippen molar-refractivity contribution in [1.82, 2.24) is 5.32 Å². The zero-order valence-electron chi connectivity index (χ0n) is 11.1. The molecule has 2 aliphatic rings. The van der Waals surface area contributed by atoms with E-state index in [4.69, 9.17) is 0 Å². The van der Waals surface area contributed by atoms with E-state index in [1.54, 1.807) is 0 Å². The maximum absolute atomic E-state index is 11.4. The molecule has 4 heteroatoms. The van der Waals surface area contributed by atoms with Gasteiger partial charge in [0.05, 0.1) is 11.5 Å². The SMILES string of the molecule is O=S1(=O)CCC(N[C@H]2CCc3ccccc3C2)CC1. The van der Waals surface area contributed by atoms with Crippen LogP contribution in [0, 0.1) is 0 Å². The molecule has 104 valence electrons. The smallest absolute Gasteiger partial charge is 0.150 e. The van der Waals surface area contributed by atoms with Crippen LogP contribution in [0.4, 0.5) is 0 Å². The van der Waals surface area contributed by atoms with E-state index in [1.807, 2.05) is 0 Å². The zero-order valence-corrected chi connectivity index (χ0v) is 12.0. The first-order chi connectivity index (χ1) is 9.12. The molecule has 0 spiro atoms. The van der Waals surface area contributed by atoms with Gasteiger partial charge in [0.2, 0.25) is 0 Å². The zero-order chi connectivity index (χ0) is 13.3. The number of hydrogen-bond acceptors (Lipinski definition) is 3. The Labute approximate surface area is 115 Å². The maximum atomic E-state index is 11.4. The summed E-state index contributed by atoms with van der Waals surface area (Å²) in [5.41, 5.74) is 2.93. The van der Waals surface area contributed by atoms with E-state index in [9.17, 15) is 8.42 Å². The second-order valence-corrected chi connectivity index (χ2v) is 8.10. The molecule has 3 rings (SSSR count). The normalized spacial score (nSPS) is 26.8. The Balaban J connectivity index is 1.58. The molecule has 19 heavy (non-hydrogen) atoms. The van der Waals surface area contributed by atoms with Crippen molar-refractivity contribution in [2.45, 2.75) is 44.2 Å². The second-order valence-electron chi connectivity index (χ2n) is 5.80. The molecule has 1 atom stereocenters. The third-order valence-corrected chi connectivity index (χ3v) is 6.09. The van der Waals surface area contributed by atoms with Crippen LogP contribution in [0.15, 0.2) is 24.3 Å². The average Bonchev–Trinajstić information content (AvgIpc) is 2.41. The van der Waals surface area contributed by atoms with Crippen LogP contribution in [-0.2, 0) is 22.7 Å². The van der Waals surface area contributed by atoms with Gasteiger partial charge in [-0.1, -0.05) is 24.3 Å². The van der Waals surface area contributed by atoms with Crippen LogP contribution in [0.1, 0.15) is 30.4 Å². The Morgan fingerprint density at radius 2 is 1.63 bits per heavy atom. The summed E-state index contributed by atoms with van der Waals surface area (Å²) in [6.07, 6.45) is 4.94. The minimum atomic E-state index is -2.75. The highest BCUT2D eigenvalue weighted by atomic mass is 32.2. The van der Waals surface area contributed by atoms with Crippen LogP contribution in [-0.4, -0.2) is 32.0 Å². The van der Waals surface area contributed by atoms with Gasteiger partial charge in [-0.3, -0.25) is 0 Å². The van der Waals surface area contributed by atoms with Crippen LogP contribution in [0.25, 0.3) is 0 Å². The van der Waals surface area contributed by atoms with E-state index in [1.165, 1.54) is 17.5 Å². The molecule has 0 amide bonds. The topological polar surface area (TPSA) is 46.2 Å². The molecule has 1 aliphatic heterocycles. The molecule has 1 N–H and O–H groups in total. The monoisotopic (exact) mass is 279 g/mol. The molecular weight excluding hydrogens is 258 g/mol. The summed E-state index contributed by atoms with van der Waals surface area (Å²) >= 11 is 0. The molecule has 1 aromatic carbocycles. The fourth-order valence-electron chi connectivity index (χ4n) is 3.23. The Morgan fingerprint density at radius 3 is 2.37 bits per heavy atom. The lowest BCUT2D eigenvalue weighted by atomic mass is 9.88. The summed E-state index contributed by atoms with van der Waals surface area (Å²) in [5, 5.41) is 3.67. The van der Waals surface area contributed by atoms with Gasteiger partial charge in [0.1, 0.15) is 9.84 Å². The first kappa shape index (κ1) is 13.1. The van der Waals surface area contributed by atoms with E-state index in [0.717, 1.165) is 25.7 Å². The molecule has 1 heterocycles. The van der Waals surface area contributed by atoms with Crippen LogP contribution < -0.4 is 5.32 Å². The predicted octanol–water partition coefficient (Wildman–Crippen LogP) is 1.71. The van der Waals surface area contributed by atoms with Gasteiger partial charge in [-0.2, -0.15) is 0 Å². The van der Waals surface area contributed by atoms with Crippen LogP contribution in [0.3, 0.4) is 0 Å². The van der Waals surface area contributed by atoms with Gasteiger partial charge >= 0.3 is 0 Å². The fourth-order valence-corrected chi connectivity index (χ4v) is 4.72. The van der Waals surface area contributed by atoms with Gasteiger partial charge in [-0.05, 0) is 43.2 Å². The van der Waals surface area contributed by atoms with Crippen molar-refractivity contribution >= 4 is 9.84 Å². The third kappa shape index (κ3) is 3.18. The second kappa shape index (κ2) is 5.25. The van der Waals surface area contributed by atoms with E-state index >= 15 is 0 Å². The van der Waals surface area contributed by atoms with Crippen molar-refractivity contribution in [2.75, 3.05) is 11.5 Å². The van der Waals surface area contributed by atoms with Crippen molar-refractivity contribution in [3.8, 4) is 0 Å². The molecule has 1 saturated heterocycles. The Morgan fingerprint density at radius 1 is 0.947 bits per heavy atom. The van der Waals surface area contributed by atoms with Crippen LogP contribution in [0.2, 0.25) is 0 Å². The number of hydrogen-bond donors (Lipinski definition) is 1. The summed E-state index contributed by atoms with van der Waals surface area (Å²) in [6, 6.07) is 9.56. The first-order valence-corrected chi connectivity index (χ1v) is 8.98. The number of nitrogens with one attached hydrogen (secondary N) is 1. The Hall–Kier alpha value is -0.870. The molecular formula is C15H21NO2S. The van der Waals surface area contributed by atoms with Gasteiger partial charge in [0, 0.05) is 12.1 Å². The molecule has 1 fully saturated rings. The number of sulfone groups is 1. The van der Waals surface area contributed by atoms with E-state index in [-0.39, 0.29) is 0 Å². The lowest BCUT2D eigenvalue weighted by Crippen LogP contribution is -2.45.